The third kappa shape index (κ3) is 6.41. The van der Waals surface area contributed by atoms with Gasteiger partial charge in [-0.1, -0.05) is 68.4 Å². The Morgan fingerprint density at radius 2 is 1.66 bits per heavy atom. The van der Waals surface area contributed by atoms with Gasteiger partial charge >= 0.3 is 0 Å². The van der Waals surface area contributed by atoms with Crippen LogP contribution in [-0.4, -0.2) is 5.91 Å². The summed E-state index contributed by atoms with van der Waals surface area (Å²) in [5, 5.41) is 13.7. The molecule has 0 bridgehead atoms. The molecule has 1 N–H and O–H groups in total. The van der Waals surface area contributed by atoms with Crippen molar-refractivity contribution in [3.8, 4) is 11.8 Å². The third-order valence-corrected chi connectivity index (χ3v) is 6.16. The van der Waals surface area contributed by atoms with Crippen LogP contribution in [-0.2, 0) is 11.4 Å². The Kier molecular flexibility index (Phi) is 8.47. The van der Waals surface area contributed by atoms with E-state index in [2.05, 4.69) is 21.2 Å². The second kappa shape index (κ2) is 11.1. The van der Waals surface area contributed by atoms with E-state index in [4.69, 9.17) is 51.1 Å². The minimum atomic E-state index is -0.596. The lowest BCUT2D eigenvalue weighted by atomic mass is 10.1. The van der Waals surface area contributed by atoms with E-state index < -0.39 is 5.91 Å². The Bertz CT molecular complexity index is 1260. The number of carbonyl (C=O) groups excluding carboxylic acids is 1. The van der Waals surface area contributed by atoms with Gasteiger partial charge in [-0.15, -0.1) is 0 Å². The van der Waals surface area contributed by atoms with E-state index in [-0.39, 0.29) is 17.2 Å². The molecule has 0 unspecified atom stereocenters. The number of carbonyl (C=O) groups is 1. The van der Waals surface area contributed by atoms with Crippen LogP contribution in [0.3, 0.4) is 0 Å². The van der Waals surface area contributed by atoms with Crippen molar-refractivity contribution < 1.29 is 9.53 Å². The number of rotatable bonds is 6. The number of anilines is 1. The van der Waals surface area contributed by atoms with E-state index in [1.165, 1.54) is 12.1 Å². The van der Waals surface area contributed by atoms with Crippen LogP contribution in [0.15, 0.2) is 64.6 Å². The highest BCUT2D eigenvalue weighted by Gasteiger charge is 2.13. The van der Waals surface area contributed by atoms with Gasteiger partial charge in [0.1, 0.15) is 24.0 Å². The summed E-state index contributed by atoms with van der Waals surface area (Å²) >= 11 is 27.3. The van der Waals surface area contributed by atoms with Crippen LogP contribution in [0.25, 0.3) is 6.08 Å². The maximum absolute atomic E-state index is 12.6. The molecule has 32 heavy (non-hydrogen) atoms. The monoisotopic (exact) mass is 568 g/mol. The highest BCUT2D eigenvalue weighted by Crippen LogP contribution is 2.29. The van der Waals surface area contributed by atoms with Gasteiger partial charge in [0.25, 0.3) is 5.91 Å². The first-order chi connectivity index (χ1) is 15.3. The number of nitrogens with zero attached hydrogens (tertiary/aromatic N) is 1. The van der Waals surface area contributed by atoms with Crippen LogP contribution in [0.2, 0.25) is 20.1 Å². The third-order valence-electron chi connectivity index (χ3n) is 4.19. The molecule has 0 radical (unpaired) electrons. The van der Waals surface area contributed by atoms with Crippen molar-refractivity contribution in [3.63, 3.8) is 0 Å². The first-order valence-electron chi connectivity index (χ1n) is 9.01. The van der Waals surface area contributed by atoms with E-state index >= 15 is 0 Å². The zero-order valence-electron chi connectivity index (χ0n) is 16.1. The Labute approximate surface area is 213 Å². The number of amides is 1. The van der Waals surface area contributed by atoms with Crippen molar-refractivity contribution in [2.24, 2.45) is 0 Å². The highest BCUT2D eigenvalue weighted by atomic mass is 79.9. The number of nitriles is 1. The van der Waals surface area contributed by atoms with Gasteiger partial charge in [0.2, 0.25) is 0 Å². The molecule has 0 fully saturated rings. The zero-order valence-corrected chi connectivity index (χ0v) is 20.7. The zero-order chi connectivity index (χ0) is 23.3. The molecule has 3 rings (SSSR count). The molecule has 4 nitrogen and oxygen atoms in total. The molecule has 0 aliphatic carbocycles. The van der Waals surface area contributed by atoms with E-state index in [0.717, 1.165) is 10.0 Å². The van der Waals surface area contributed by atoms with Crippen molar-refractivity contribution in [3.05, 3.63) is 95.9 Å². The van der Waals surface area contributed by atoms with Gasteiger partial charge < -0.3 is 10.1 Å². The van der Waals surface area contributed by atoms with Crippen LogP contribution in [0, 0.1) is 11.3 Å². The van der Waals surface area contributed by atoms with E-state index in [1.54, 1.807) is 48.5 Å². The number of ether oxygens (including phenoxy) is 1. The fourth-order valence-corrected chi connectivity index (χ4v) is 3.63. The fraction of sp³-hybridized carbons (Fsp3) is 0.0435. The number of benzene rings is 3. The quantitative estimate of drug-likeness (QED) is 0.240. The lowest BCUT2D eigenvalue weighted by Crippen LogP contribution is -2.13. The average Bonchev–Trinajstić information content (AvgIpc) is 2.76. The molecule has 0 spiro atoms. The molecule has 9 heteroatoms. The summed E-state index contributed by atoms with van der Waals surface area (Å²) in [6.07, 6.45) is 1.45. The smallest absolute Gasteiger partial charge is 0.266 e. The predicted molar refractivity (Wildman–Crippen MR) is 134 cm³/mol. The van der Waals surface area contributed by atoms with Crippen molar-refractivity contribution in [1.82, 2.24) is 0 Å². The molecule has 3 aromatic carbocycles. The average molecular weight is 571 g/mol. The van der Waals surface area contributed by atoms with Gasteiger partial charge in [-0.05, 0) is 60.2 Å². The van der Waals surface area contributed by atoms with Crippen LogP contribution in [0.4, 0.5) is 5.69 Å². The molecule has 0 heterocycles. The van der Waals surface area contributed by atoms with Crippen molar-refractivity contribution in [2.45, 2.75) is 6.61 Å². The first kappa shape index (κ1) is 24.4. The van der Waals surface area contributed by atoms with Gasteiger partial charge in [0.15, 0.2) is 0 Å². The SMILES string of the molecule is N#C/C(=C\c1cc(Br)ccc1OCc1ccc(Cl)c(Cl)c1)C(=O)Nc1ccc(Cl)c(Cl)c1. The van der Waals surface area contributed by atoms with Crippen LogP contribution in [0.1, 0.15) is 11.1 Å². The van der Waals surface area contributed by atoms with Gasteiger partial charge in [-0.2, -0.15) is 5.26 Å². The molecule has 0 saturated carbocycles. The molecule has 0 aliphatic heterocycles. The lowest BCUT2D eigenvalue weighted by molar-refractivity contribution is -0.112. The Morgan fingerprint density at radius 3 is 2.31 bits per heavy atom. The van der Waals surface area contributed by atoms with E-state index in [9.17, 15) is 10.1 Å². The van der Waals surface area contributed by atoms with Crippen molar-refractivity contribution >= 4 is 80.0 Å². The van der Waals surface area contributed by atoms with Gasteiger partial charge in [-0.25, -0.2) is 0 Å². The van der Waals surface area contributed by atoms with Crippen LogP contribution in [0.5, 0.6) is 5.75 Å². The van der Waals surface area contributed by atoms with Crippen molar-refractivity contribution in [1.29, 1.82) is 5.26 Å². The van der Waals surface area contributed by atoms with Crippen molar-refractivity contribution in [2.75, 3.05) is 5.32 Å². The number of hydrogen-bond donors (Lipinski definition) is 1. The maximum Gasteiger partial charge on any atom is 0.266 e. The summed E-state index contributed by atoms with van der Waals surface area (Å²) in [5.41, 5.74) is 1.65. The van der Waals surface area contributed by atoms with E-state index in [1.807, 2.05) is 6.07 Å². The second-order valence-electron chi connectivity index (χ2n) is 6.47. The Balaban J connectivity index is 1.83. The fourth-order valence-electron chi connectivity index (χ4n) is 2.63. The predicted octanol–water partition coefficient (Wildman–Crippen LogP) is 8.19. The normalized spacial score (nSPS) is 11.1. The Morgan fingerprint density at radius 1 is 0.969 bits per heavy atom. The van der Waals surface area contributed by atoms with Gasteiger partial charge in [0, 0.05) is 15.7 Å². The molecular formula is C23H13BrCl4N2O2. The summed E-state index contributed by atoms with van der Waals surface area (Å²) < 4.78 is 6.66. The molecule has 0 aromatic heterocycles. The molecule has 0 aliphatic rings. The minimum Gasteiger partial charge on any atom is -0.488 e. The van der Waals surface area contributed by atoms with Gasteiger partial charge in [-0.3, -0.25) is 4.79 Å². The maximum atomic E-state index is 12.6. The molecule has 0 atom stereocenters. The van der Waals surface area contributed by atoms with Crippen LogP contribution >= 0.6 is 62.3 Å². The number of hydrogen-bond acceptors (Lipinski definition) is 3. The number of nitrogens with one attached hydrogen (secondary N) is 1. The summed E-state index contributed by atoms with van der Waals surface area (Å²) in [7, 11) is 0. The molecular weight excluding hydrogens is 558 g/mol. The summed E-state index contributed by atoms with van der Waals surface area (Å²) in [4.78, 5) is 12.6. The van der Waals surface area contributed by atoms with E-state index in [0.29, 0.717) is 32.1 Å². The standard InChI is InChI=1S/C23H13BrCl4N2O2/c24-16-2-6-22(32-12-13-1-4-18(25)20(27)7-13)14(9-16)8-15(11-29)23(31)30-17-3-5-19(26)21(28)10-17/h1-10H,12H2,(H,30,31)/b15-8+. The Hall–Kier alpha value is -2.20. The van der Waals surface area contributed by atoms with Crippen LogP contribution < -0.4 is 10.1 Å². The molecule has 3 aromatic rings. The summed E-state index contributed by atoms with van der Waals surface area (Å²) in [5.74, 6) is -0.115. The second-order valence-corrected chi connectivity index (χ2v) is 9.02. The largest absolute Gasteiger partial charge is 0.488 e. The van der Waals surface area contributed by atoms with Gasteiger partial charge in [0.05, 0.1) is 20.1 Å². The molecule has 162 valence electrons. The highest BCUT2D eigenvalue weighted by molar-refractivity contribution is 9.10. The molecule has 1 amide bonds. The topological polar surface area (TPSA) is 62.1 Å². The first-order valence-corrected chi connectivity index (χ1v) is 11.3. The summed E-state index contributed by atoms with van der Waals surface area (Å²) in [6, 6.07) is 17.0. The minimum absolute atomic E-state index is 0.117. The molecule has 0 saturated heterocycles. The lowest BCUT2D eigenvalue weighted by Gasteiger charge is -2.11. The number of halogens is 5. The summed E-state index contributed by atoms with van der Waals surface area (Å²) in [6.45, 7) is 0.219.